The zero-order valence-electron chi connectivity index (χ0n) is 18.6. The standard InChI is InChI=1S/C25H25N5O2S/c1-16(2)30-14-11-17(15-22(30)31)23-24(27-13-12-26-23)32-19-9-7-18(8-10-19)28-25-29-20-5-3-4-6-21(20)33-25/h3-10,12-13,16-17H,11,14-15H2,1-2H3,(H,28,29). The van der Waals surface area contributed by atoms with E-state index in [0.29, 0.717) is 18.1 Å². The van der Waals surface area contributed by atoms with Crippen LogP contribution < -0.4 is 10.1 Å². The van der Waals surface area contributed by atoms with Crippen molar-refractivity contribution in [1.29, 1.82) is 0 Å². The van der Waals surface area contributed by atoms with Gasteiger partial charge in [-0.1, -0.05) is 23.5 Å². The number of nitrogens with zero attached hydrogens (tertiary/aromatic N) is 4. The third-order valence-electron chi connectivity index (χ3n) is 5.78. The maximum absolute atomic E-state index is 12.6. The number of hydrogen-bond donors (Lipinski definition) is 1. The average Bonchev–Trinajstić information content (AvgIpc) is 3.23. The molecule has 0 radical (unpaired) electrons. The second-order valence-corrected chi connectivity index (χ2v) is 9.39. The van der Waals surface area contributed by atoms with Gasteiger partial charge in [-0.05, 0) is 56.7 Å². The van der Waals surface area contributed by atoms with E-state index in [1.165, 1.54) is 0 Å². The van der Waals surface area contributed by atoms with Gasteiger partial charge in [-0.2, -0.15) is 0 Å². The number of thiazole rings is 1. The van der Waals surface area contributed by atoms with Crippen LogP contribution in [0.5, 0.6) is 11.6 Å². The van der Waals surface area contributed by atoms with Crippen LogP contribution in [0.4, 0.5) is 10.8 Å². The van der Waals surface area contributed by atoms with E-state index in [4.69, 9.17) is 4.74 Å². The molecule has 0 aliphatic carbocycles. The van der Waals surface area contributed by atoms with Crippen molar-refractivity contribution in [3.63, 3.8) is 0 Å². The highest BCUT2D eigenvalue weighted by Gasteiger charge is 2.31. The number of piperidine rings is 1. The minimum absolute atomic E-state index is 0.0103. The Labute approximate surface area is 196 Å². The molecular formula is C25H25N5O2S. The van der Waals surface area contributed by atoms with Gasteiger partial charge in [-0.3, -0.25) is 9.78 Å². The molecule has 2 aromatic carbocycles. The Morgan fingerprint density at radius 2 is 1.88 bits per heavy atom. The van der Waals surface area contributed by atoms with Crippen molar-refractivity contribution in [3.05, 3.63) is 66.6 Å². The fourth-order valence-electron chi connectivity index (χ4n) is 4.09. The monoisotopic (exact) mass is 459 g/mol. The quantitative estimate of drug-likeness (QED) is 0.396. The second kappa shape index (κ2) is 9.15. The van der Waals surface area contributed by atoms with Crippen molar-refractivity contribution in [1.82, 2.24) is 19.9 Å². The number of benzene rings is 2. The van der Waals surface area contributed by atoms with E-state index in [0.717, 1.165) is 39.7 Å². The average molecular weight is 460 g/mol. The first-order valence-electron chi connectivity index (χ1n) is 11.1. The van der Waals surface area contributed by atoms with Crippen molar-refractivity contribution in [2.75, 3.05) is 11.9 Å². The van der Waals surface area contributed by atoms with Crippen LogP contribution in [0.1, 0.15) is 38.3 Å². The highest BCUT2D eigenvalue weighted by atomic mass is 32.1. The van der Waals surface area contributed by atoms with E-state index in [1.807, 2.05) is 61.2 Å². The number of rotatable bonds is 6. The topological polar surface area (TPSA) is 80.2 Å². The second-order valence-electron chi connectivity index (χ2n) is 8.36. The van der Waals surface area contributed by atoms with Crippen molar-refractivity contribution < 1.29 is 9.53 Å². The molecule has 3 heterocycles. The largest absolute Gasteiger partial charge is 0.437 e. The number of nitrogens with one attached hydrogen (secondary N) is 1. The van der Waals surface area contributed by atoms with Gasteiger partial charge >= 0.3 is 0 Å². The number of carbonyl (C=O) groups excluding carboxylic acids is 1. The Bertz CT molecular complexity index is 1240. The molecule has 1 atom stereocenters. The highest BCUT2D eigenvalue weighted by Crippen LogP contribution is 2.35. The first-order chi connectivity index (χ1) is 16.1. The molecule has 168 valence electrons. The summed E-state index contributed by atoms with van der Waals surface area (Å²) in [6.45, 7) is 4.82. The first-order valence-corrected chi connectivity index (χ1v) is 11.9. The van der Waals surface area contributed by atoms with Crippen LogP contribution in [0.2, 0.25) is 0 Å². The lowest BCUT2D eigenvalue weighted by Gasteiger charge is -2.34. The van der Waals surface area contributed by atoms with Gasteiger partial charge < -0.3 is 15.0 Å². The van der Waals surface area contributed by atoms with Crippen molar-refractivity contribution >= 4 is 38.3 Å². The number of carbonyl (C=O) groups is 1. The number of hydrogen-bond acceptors (Lipinski definition) is 7. The Hall–Kier alpha value is -3.52. The number of amides is 1. The lowest BCUT2D eigenvalue weighted by Crippen LogP contribution is -2.42. The smallest absolute Gasteiger partial charge is 0.241 e. The molecule has 5 rings (SSSR count). The summed E-state index contributed by atoms with van der Waals surface area (Å²) in [5, 5.41) is 4.19. The number of likely N-dealkylation sites (tertiary alicyclic amines) is 1. The van der Waals surface area contributed by atoms with Gasteiger partial charge in [0.05, 0.1) is 10.2 Å². The summed E-state index contributed by atoms with van der Waals surface area (Å²) in [6.07, 6.45) is 4.56. The molecule has 7 nitrogen and oxygen atoms in total. The zero-order valence-corrected chi connectivity index (χ0v) is 19.4. The molecule has 0 bridgehead atoms. The Balaban J connectivity index is 1.28. The Morgan fingerprint density at radius 1 is 1.09 bits per heavy atom. The molecule has 0 saturated carbocycles. The van der Waals surface area contributed by atoms with Crippen LogP contribution in [0.3, 0.4) is 0 Å². The van der Waals surface area contributed by atoms with E-state index >= 15 is 0 Å². The predicted octanol–water partition coefficient (Wildman–Crippen LogP) is 5.74. The molecule has 4 aromatic rings. The number of aromatic nitrogens is 3. The first kappa shape index (κ1) is 21.3. The molecule has 0 spiro atoms. The number of para-hydroxylation sites is 1. The van der Waals surface area contributed by atoms with Gasteiger partial charge in [0, 0.05) is 43.0 Å². The van der Waals surface area contributed by atoms with Gasteiger partial charge in [0.1, 0.15) is 11.4 Å². The van der Waals surface area contributed by atoms with Crippen LogP contribution in [0.15, 0.2) is 60.9 Å². The van der Waals surface area contributed by atoms with Gasteiger partial charge in [0.25, 0.3) is 0 Å². The maximum Gasteiger partial charge on any atom is 0.241 e. The molecule has 1 saturated heterocycles. The summed E-state index contributed by atoms with van der Waals surface area (Å²) in [7, 11) is 0. The lowest BCUT2D eigenvalue weighted by molar-refractivity contribution is -0.135. The highest BCUT2D eigenvalue weighted by molar-refractivity contribution is 7.22. The molecule has 1 aliphatic rings. The summed E-state index contributed by atoms with van der Waals surface area (Å²) in [5.74, 6) is 1.29. The minimum Gasteiger partial charge on any atom is -0.437 e. The van der Waals surface area contributed by atoms with Crippen LogP contribution in [0.25, 0.3) is 10.2 Å². The van der Waals surface area contributed by atoms with E-state index in [1.54, 1.807) is 23.7 Å². The van der Waals surface area contributed by atoms with Crippen LogP contribution in [-0.4, -0.2) is 38.3 Å². The minimum atomic E-state index is 0.0103. The van der Waals surface area contributed by atoms with Crippen LogP contribution >= 0.6 is 11.3 Å². The normalized spacial score (nSPS) is 16.4. The van der Waals surface area contributed by atoms with E-state index in [2.05, 4.69) is 26.3 Å². The van der Waals surface area contributed by atoms with Gasteiger partial charge in [-0.15, -0.1) is 0 Å². The molecule has 2 aromatic heterocycles. The molecule has 1 amide bonds. The fourth-order valence-corrected chi connectivity index (χ4v) is 4.98. The maximum atomic E-state index is 12.6. The third kappa shape index (κ3) is 4.66. The summed E-state index contributed by atoms with van der Waals surface area (Å²) in [5.41, 5.74) is 2.65. The van der Waals surface area contributed by atoms with E-state index in [9.17, 15) is 4.79 Å². The Kier molecular flexibility index (Phi) is 5.92. The van der Waals surface area contributed by atoms with E-state index in [-0.39, 0.29) is 17.9 Å². The zero-order chi connectivity index (χ0) is 22.8. The third-order valence-corrected chi connectivity index (χ3v) is 6.73. The van der Waals surface area contributed by atoms with Crippen LogP contribution in [0, 0.1) is 0 Å². The van der Waals surface area contributed by atoms with E-state index < -0.39 is 0 Å². The molecular weight excluding hydrogens is 434 g/mol. The molecule has 1 unspecified atom stereocenters. The van der Waals surface area contributed by atoms with Crippen molar-refractivity contribution in [3.8, 4) is 11.6 Å². The number of anilines is 2. The van der Waals surface area contributed by atoms with Crippen molar-refractivity contribution in [2.45, 2.75) is 38.6 Å². The predicted molar refractivity (Wildman–Crippen MR) is 130 cm³/mol. The molecule has 1 N–H and O–H groups in total. The van der Waals surface area contributed by atoms with Gasteiger partial charge in [-0.25, -0.2) is 9.97 Å². The SMILES string of the molecule is CC(C)N1CCC(c2nccnc2Oc2ccc(Nc3nc4ccccc4s3)cc2)CC1=O. The Morgan fingerprint density at radius 3 is 2.64 bits per heavy atom. The fraction of sp³-hybridized carbons (Fsp3) is 0.280. The number of fused-ring (bicyclic) bond motifs is 1. The summed E-state index contributed by atoms with van der Waals surface area (Å²) in [6, 6.07) is 16.0. The molecule has 33 heavy (non-hydrogen) atoms. The van der Waals surface area contributed by atoms with Crippen LogP contribution in [-0.2, 0) is 4.79 Å². The molecule has 1 aliphatic heterocycles. The summed E-state index contributed by atoms with van der Waals surface area (Å²) >= 11 is 1.62. The molecule has 8 heteroatoms. The van der Waals surface area contributed by atoms with Gasteiger partial charge in [0.15, 0.2) is 5.13 Å². The van der Waals surface area contributed by atoms with Crippen molar-refractivity contribution in [2.24, 2.45) is 0 Å². The van der Waals surface area contributed by atoms with Gasteiger partial charge in [0.2, 0.25) is 11.8 Å². The number of ether oxygens (including phenoxy) is 1. The summed E-state index contributed by atoms with van der Waals surface area (Å²) < 4.78 is 7.23. The lowest BCUT2D eigenvalue weighted by atomic mass is 9.92. The summed E-state index contributed by atoms with van der Waals surface area (Å²) in [4.78, 5) is 28.0. The molecule has 1 fully saturated rings.